The Labute approximate surface area is 83.1 Å². The van der Waals surface area contributed by atoms with E-state index in [0.717, 1.165) is 6.54 Å². The van der Waals surface area contributed by atoms with Crippen LogP contribution in [0.5, 0.6) is 5.75 Å². The van der Waals surface area contributed by atoms with E-state index in [2.05, 4.69) is 5.32 Å². The molecule has 0 radical (unpaired) electrons. The Kier molecular flexibility index (Phi) is 2.99. The van der Waals surface area contributed by atoms with Crippen LogP contribution in [0.1, 0.15) is 12.8 Å². The smallest absolute Gasteiger partial charge is 0.165 e. The van der Waals surface area contributed by atoms with Crippen LogP contribution in [0.2, 0.25) is 0 Å². The second-order valence-corrected chi connectivity index (χ2v) is 3.51. The van der Waals surface area contributed by atoms with Gasteiger partial charge in [0, 0.05) is 12.6 Å². The van der Waals surface area contributed by atoms with Crippen LogP contribution in [-0.2, 0) is 0 Å². The summed E-state index contributed by atoms with van der Waals surface area (Å²) in [5.74, 6) is 0.0454. The van der Waals surface area contributed by atoms with Gasteiger partial charge in [-0.15, -0.1) is 0 Å². The van der Waals surface area contributed by atoms with Gasteiger partial charge in [-0.1, -0.05) is 12.1 Å². The van der Waals surface area contributed by atoms with E-state index in [1.165, 1.54) is 18.9 Å². The van der Waals surface area contributed by atoms with E-state index in [9.17, 15) is 4.39 Å². The van der Waals surface area contributed by atoms with Gasteiger partial charge in [0.15, 0.2) is 11.6 Å². The first-order valence-electron chi connectivity index (χ1n) is 4.97. The zero-order valence-corrected chi connectivity index (χ0v) is 8.00. The summed E-state index contributed by atoms with van der Waals surface area (Å²) in [6, 6.07) is 7.16. The minimum absolute atomic E-state index is 0.293. The molecule has 1 aromatic rings. The fraction of sp³-hybridized carbons (Fsp3) is 0.455. The molecule has 0 amide bonds. The van der Waals surface area contributed by atoms with Crippen molar-refractivity contribution in [1.29, 1.82) is 0 Å². The highest BCUT2D eigenvalue weighted by Gasteiger charge is 2.19. The van der Waals surface area contributed by atoms with Crippen molar-refractivity contribution in [2.45, 2.75) is 18.9 Å². The van der Waals surface area contributed by atoms with Crippen LogP contribution in [0.15, 0.2) is 24.3 Å². The lowest BCUT2D eigenvalue weighted by atomic mass is 10.3. The lowest BCUT2D eigenvalue weighted by Gasteiger charge is -2.07. The molecule has 0 aromatic heterocycles. The molecular weight excluding hydrogens is 181 g/mol. The number of rotatable bonds is 5. The monoisotopic (exact) mass is 195 g/mol. The van der Waals surface area contributed by atoms with E-state index >= 15 is 0 Å². The average molecular weight is 195 g/mol. The minimum Gasteiger partial charge on any atom is -0.489 e. The molecule has 1 aromatic carbocycles. The lowest BCUT2D eigenvalue weighted by Crippen LogP contribution is -2.23. The molecule has 14 heavy (non-hydrogen) atoms. The number of ether oxygens (including phenoxy) is 1. The Morgan fingerprint density at radius 1 is 1.36 bits per heavy atom. The Morgan fingerprint density at radius 2 is 2.14 bits per heavy atom. The van der Waals surface area contributed by atoms with Gasteiger partial charge in [0.2, 0.25) is 0 Å². The summed E-state index contributed by atoms with van der Waals surface area (Å²) in [6.07, 6.45) is 2.53. The summed E-state index contributed by atoms with van der Waals surface area (Å²) in [6.45, 7) is 1.32. The van der Waals surface area contributed by atoms with Gasteiger partial charge in [-0.05, 0) is 25.0 Å². The number of hydrogen-bond acceptors (Lipinski definition) is 2. The standard InChI is InChI=1S/C11H14FNO/c12-10-3-1-2-4-11(10)14-8-7-13-9-5-6-9/h1-4,9,13H,5-8H2. The van der Waals surface area contributed by atoms with Gasteiger partial charge >= 0.3 is 0 Å². The van der Waals surface area contributed by atoms with Crippen molar-refractivity contribution in [3.8, 4) is 5.75 Å². The second kappa shape index (κ2) is 4.42. The van der Waals surface area contributed by atoms with Gasteiger partial charge < -0.3 is 10.1 Å². The first-order chi connectivity index (χ1) is 6.86. The van der Waals surface area contributed by atoms with Crippen LogP contribution < -0.4 is 10.1 Å². The molecule has 0 atom stereocenters. The maximum absolute atomic E-state index is 13.0. The molecule has 1 saturated carbocycles. The minimum atomic E-state index is -0.293. The van der Waals surface area contributed by atoms with Crippen molar-refractivity contribution in [2.75, 3.05) is 13.2 Å². The summed E-state index contributed by atoms with van der Waals surface area (Å²) in [5.41, 5.74) is 0. The molecular formula is C11H14FNO. The molecule has 1 aliphatic rings. The van der Waals surface area contributed by atoms with Crippen LogP contribution in [-0.4, -0.2) is 19.2 Å². The predicted octanol–water partition coefficient (Wildman–Crippen LogP) is 1.96. The first-order valence-corrected chi connectivity index (χ1v) is 4.97. The summed E-state index contributed by atoms with van der Waals surface area (Å²) in [4.78, 5) is 0. The maximum Gasteiger partial charge on any atom is 0.165 e. The van der Waals surface area contributed by atoms with Crippen molar-refractivity contribution in [2.24, 2.45) is 0 Å². The van der Waals surface area contributed by atoms with E-state index in [-0.39, 0.29) is 5.82 Å². The van der Waals surface area contributed by atoms with Gasteiger partial charge in [0.05, 0.1) is 0 Å². The predicted molar refractivity (Wildman–Crippen MR) is 52.9 cm³/mol. The molecule has 1 fully saturated rings. The van der Waals surface area contributed by atoms with Gasteiger partial charge in [-0.25, -0.2) is 4.39 Å². The Morgan fingerprint density at radius 3 is 2.86 bits per heavy atom. The maximum atomic E-state index is 13.0. The van der Waals surface area contributed by atoms with Crippen LogP contribution in [0.3, 0.4) is 0 Å². The van der Waals surface area contributed by atoms with Crippen molar-refractivity contribution >= 4 is 0 Å². The van der Waals surface area contributed by atoms with Crippen molar-refractivity contribution in [3.05, 3.63) is 30.1 Å². The highest BCUT2D eigenvalue weighted by atomic mass is 19.1. The van der Waals surface area contributed by atoms with Gasteiger partial charge in [0.25, 0.3) is 0 Å². The summed E-state index contributed by atoms with van der Waals surface area (Å²) in [5, 5.41) is 3.30. The molecule has 1 aliphatic carbocycles. The van der Waals surface area contributed by atoms with Crippen LogP contribution >= 0.6 is 0 Å². The van der Waals surface area contributed by atoms with Crippen LogP contribution in [0, 0.1) is 5.82 Å². The topological polar surface area (TPSA) is 21.3 Å². The summed E-state index contributed by atoms with van der Waals surface area (Å²) in [7, 11) is 0. The van der Waals surface area contributed by atoms with Gasteiger partial charge in [-0.2, -0.15) is 0 Å². The van der Waals surface area contributed by atoms with E-state index < -0.39 is 0 Å². The number of benzene rings is 1. The summed E-state index contributed by atoms with van der Waals surface area (Å²) >= 11 is 0. The third-order valence-electron chi connectivity index (χ3n) is 2.21. The zero-order chi connectivity index (χ0) is 9.80. The first kappa shape index (κ1) is 9.46. The van der Waals surface area contributed by atoms with Gasteiger partial charge in [0.1, 0.15) is 6.61 Å². The molecule has 1 N–H and O–H groups in total. The molecule has 0 bridgehead atoms. The molecule has 0 aliphatic heterocycles. The number of hydrogen-bond donors (Lipinski definition) is 1. The number of para-hydroxylation sites is 1. The normalized spacial score (nSPS) is 15.5. The molecule has 2 nitrogen and oxygen atoms in total. The third-order valence-corrected chi connectivity index (χ3v) is 2.21. The fourth-order valence-electron chi connectivity index (χ4n) is 1.27. The molecule has 0 heterocycles. The SMILES string of the molecule is Fc1ccccc1OCCNC1CC1. The highest BCUT2D eigenvalue weighted by molar-refractivity contribution is 5.23. The van der Waals surface area contributed by atoms with E-state index in [1.807, 2.05) is 0 Å². The fourth-order valence-corrected chi connectivity index (χ4v) is 1.27. The van der Waals surface area contributed by atoms with E-state index in [4.69, 9.17) is 4.74 Å². The quantitative estimate of drug-likeness (QED) is 0.725. The molecule has 76 valence electrons. The van der Waals surface area contributed by atoms with Crippen LogP contribution in [0.4, 0.5) is 4.39 Å². The highest BCUT2D eigenvalue weighted by Crippen LogP contribution is 2.18. The summed E-state index contributed by atoms with van der Waals surface area (Å²) < 4.78 is 18.3. The van der Waals surface area contributed by atoms with E-state index in [1.54, 1.807) is 18.2 Å². The molecule has 0 spiro atoms. The lowest BCUT2D eigenvalue weighted by molar-refractivity contribution is 0.298. The van der Waals surface area contributed by atoms with E-state index in [0.29, 0.717) is 18.4 Å². The van der Waals surface area contributed by atoms with Crippen molar-refractivity contribution < 1.29 is 9.13 Å². The largest absolute Gasteiger partial charge is 0.489 e. The number of halogens is 1. The second-order valence-electron chi connectivity index (χ2n) is 3.51. The molecule has 0 saturated heterocycles. The van der Waals surface area contributed by atoms with Crippen molar-refractivity contribution in [1.82, 2.24) is 5.32 Å². The Bertz CT molecular complexity index is 299. The van der Waals surface area contributed by atoms with Crippen molar-refractivity contribution in [3.63, 3.8) is 0 Å². The molecule has 2 rings (SSSR count). The average Bonchev–Trinajstić information content (AvgIpc) is 2.99. The molecule has 3 heteroatoms. The van der Waals surface area contributed by atoms with Crippen LogP contribution in [0.25, 0.3) is 0 Å². The zero-order valence-electron chi connectivity index (χ0n) is 8.00. The third kappa shape index (κ3) is 2.70. The number of nitrogens with one attached hydrogen (secondary N) is 1. The Hall–Kier alpha value is -1.09. The Balaban J connectivity index is 1.71. The molecule has 0 unspecified atom stereocenters. The van der Waals surface area contributed by atoms with Gasteiger partial charge in [-0.3, -0.25) is 0 Å².